The van der Waals surface area contributed by atoms with Crippen LogP contribution in [0.4, 0.5) is 0 Å². The van der Waals surface area contributed by atoms with Crippen LogP contribution in [-0.4, -0.2) is 19.2 Å². The zero-order valence-corrected chi connectivity index (χ0v) is 14.7. The van der Waals surface area contributed by atoms with Crippen molar-refractivity contribution in [2.45, 2.75) is 53.5 Å². The zero-order valence-electron chi connectivity index (χ0n) is 13.9. The van der Waals surface area contributed by atoms with Crippen LogP contribution in [0.1, 0.15) is 45.7 Å². The van der Waals surface area contributed by atoms with Gasteiger partial charge in [0.15, 0.2) is 0 Å². The van der Waals surface area contributed by atoms with Crippen LogP contribution in [0.25, 0.3) is 0 Å². The fraction of sp³-hybridized carbons (Fsp3) is 0.667. The molecule has 21 heavy (non-hydrogen) atoms. The minimum Gasteiger partial charge on any atom is -0.493 e. The van der Waals surface area contributed by atoms with E-state index in [1.807, 2.05) is 6.07 Å². The van der Waals surface area contributed by atoms with E-state index in [9.17, 15) is 0 Å². The van der Waals surface area contributed by atoms with E-state index in [-0.39, 0.29) is 5.41 Å². The normalized spacial score (nSPS) is 16.0. The molecule has 118 valence electrons. The molecular weight excluding hydrogens is 282 g/mol. The van der Waals surface area contributed by atoms with E-state index < -0.39 is 0 Å². The number of ether oxygens (including phenoxy) is 1. The fourth-order valence-electron chi connectivity index (χ4n) is 2.83. The maximum atomic E-state index is 6.28. The summed E-state index contributed by atoms with van der Waals surface area (Å²) < 4.78 is 5.84. The molecule has 0 saturated carbocycles. The Kier molecular flexibility index (Phi) is 5.21. The zero-order chi connectivity index (χ0) is 15.6. The highest BCUT2D eigenvalue weighted by Crippen LogP contribution is 2.37. The van der Waals surface area contributed by atoms with Crippen molar-refractivity contribution in [1.82, 2.24) is 5.32 Å². The van der Waals surface area contributed by atoms with Gasteiger partial charge < -0.3 is 10.1 Å². The molecule has 0 radical (unpaired) electrons. The van der Waals surface area contributed by atoms with E-state index in [0.717, 1.165) is 36.8 Å². The quantitative estimate of drug-likeness (QED) is 0.866. The minimum atomic E-state index is 0.246. The summed E-state index contributed by atoms with van der Waals surface area (Å²) in [6.45, 7) is 13.1. The molecule has 1 aromatic carbocycles. The second-order valence-corrected chi connectivity index (χ2v) is 7.92. The maximum absolute atomic E-state index is 6.28. The van der Waals surface area contributed by atoms with Crippen LogP contribution in [-0.2, 0) is 12.8 Å². The molecule has 0 spiro atoms. The summed E-state index contributed by atoms with van der Waals surface area (Å²) in [5.41, 5.74) is 2.78. The Balaban J connectivity index is 2.21. The van der Waals surface area contributed by atoms with E-state index >= 15 is 0 Å². The highest BCUT2D eigenvalue weighted by Gasteiger charge is 2.27. The average molecular weight is 310 g/mol. The van der Waals surface area contributed by atoms with Gasteiger partial charge in [0.25, 0.3) is 0 Å². The maximum Gasteiger partial charge on any atom is 0.125 e. The highest BCUT2D eigenvalue weighted by atomic mass is 35.5. The highest BCUT2D eigenvalue weighted by molar-refractivity contribution is 6.30. The van der Waals surface area contributed by atoms with E-state index in [4.69, 9.17) is 16.3 Å². The largest absolute Gasteiger partial charge is 0.493 e. The van der Waals surface area contributed by atoms with Crippen LogP contribution in [0.3, 0.4) is 0 Å². The third kappa shape index (κ3) is 4.37. The molecule has 1 aliphatic heterocycles. The summed E-state index contributed by atoms with van der Waals surface area (Å²) in [6, 6.07) is 4.64. The van der Waals surface area contributed by atoms with Gasteiger partial charge in [0.2, 0.25) is 0 Å². The lowest BCUT2D eigenvalue weighted by Gasteiger charge is -2.32. The van der Waals surface area contributed by atoms with E-state index in [2.05, 4.69) is 46.0 Å². The number of fused-ring (bicyclic) bond motifs is 1. The molecule has 1 N–H and O–H groups in total. The molecule has 1 aliphatic rings. The summed E-state index contributed by atoms with van der Waals surface area (Å²) in [5, 5.41) is 4.41. The van der Waals surface area contributed by atoms with Gasteiger partial charge in [0.1, 0.15) is 5.75 Å². The lowest BCUT2D eigenvalue weighted by Crippen LogP contribution is -2.36. The molecule has 2 nitrogen and oxygen atoms in total. The topological polar surface area (TPSA) is 21.3 Å². The van der Waals surface area contributed by atoms with E-state index in [1.165, 1.54) is 11.1 Å². The second-order valence-electron chi connectivity index (χ2n) is 7.48. The standard InChI is InChI=1S/C18H28ClNO/c1-12(2)20-11-15(18(3,4)5)8-14-10-16(19)9-13-6-7-21-17(13)14/h9-10,12,15,20H,6-8,11H2,1-5H3. The first-order valence-electron chi connectivity index (χ1n) is 7.95. The lowest BCUT2D eigenvalue weighted by atomic mass is 9.76. The van der Waals surface area contributed by atoms with Crippen molar-refractivity contribution in [3.05, 3.63) is 28.3 Å². The lowest BCUT2D eigenvalue weighted by molar-refractivity contribution is 0.224. The summed E-state index contributed by atoms with van der Waals surface area (Å²) in [6.07, 6.45) is 1.99. The molecule has 0 fully saturated rings. The first kappa shape index (κ1) is 16.6. The van der Waals surface area contributed by atoms with Crippen molar-refractivity contribution >= 4 is 11.6 Å². The van der Waals surface area contributed by atoms with Crippen LogP contribution >= 0.6 is 11.6 Å². The third-order valence-corrected chi connectivity index (χ3v) is 4.51. The smallest absolute Gasteiger partial charge is 0.125 e. The van der Waals surface area contributed by atoms with Gasteiger partial charge in [-0.3, -0.25) is 0 Å². The van der Waals surface area contributed by atoms with Crippen molar-refractivity contribution in [1.29, 1.82) is 0 Å². The summed E-state index contributed by atoms with van der Waals surface area (Å²) in [7, 11) is 0. The Labute approximate surface area is 134 Å². The third-order valence-electron chi connectivity index (χ3n) is 4.29. The predicted octanol–water partition coefficient (Wildman–Crippen LogP) is 4.48. The number of hydrogen-bond donors (Lipinski definition) is 1. The van der Waals surface area contributed by atoms with Gasteiger partial charge in [-0.15, -0.1) is 0 Å². The van der Waals surface area contributed by atoms with Crippen LogP contribution in [0.15, 0.2) is 12.1 Å². The van der Waals surface area contributed by atoms with Crippen LogP contribution in [0.2, 0.25) is 5.02 Å². The van der Waals surface area contributed by atoms with Crippen molar-refractivity contribution in [2.75, 3.05) is 13.2 Å². The predicted molar refractivity (Wildman–Crippen MR) is 90.4 cm³/mol. The van der Waals surface area contributed by atoms with Gasteiger partial charge in [0.05, 0.1) is 6.61 Å². The molecule has 2 rings (SSSR count). The van der Waals surface area contributed by atoms with Crippen molar-refractivity contribution in [2.24, 2.45) is 11.3 Å². The molecule has 1 aromatic rings. The number of nitrogens with one attached hydrogen (secondary N) is 1. The number of halogens is 1. The van der Waals surface area contributed by atoms with Crippen molar-refractivity contribution in [3.8, 4) is 5.75 Å². The average Bonchev–Trinajstić information content (AvgIpc) is 2.80. The first-order chi connectivity index (χ1) is 9.77. The van der Waals surface area contributed by atoms with E-state index in [0.29, 0.717) is 12.0 Å². The second kappa shape index (κ2) is 6.58. The van der Waals surface area contributed by atoms with Gasteiger partial charge >= 0.3 is 0 Å². The van der Waals surface area contributed by atoms with Crippen LogP contribution in [0.5, 0.6) is 5.75 Å². The Morgan fingerprint density at radius 1 is 1.29 bits per heavy atom. The van der Waals surface area contributed by atoms with Gasteiger partial charge in [0, 0.05) is 17.5 Å². The Bertz CT molecular complexity index is 491. The molecule has 0 aromatic heterocycles. The Morgan fingerprint density at radius 2 is 2.00 bits per heavy atom. The Morgan fingerprint density at radius 3 is 2.62 bits per heavy atom. The number of rotatable bonds is 5. The Hall–Kier alpha value is -0.730. The molecule has 0 aliphatic carbocycles. The molecule has 0 saturated heterocycles. The van der Waals surface area contributed by atoms with Gasteiger partial charge in [-0.1, -0.05) is 46.2 Å². The fourth-order valence-corrected chi connectivity index (χ4v) is 3.09. The summed E-state index contributed by atoms with van der Waals surface area (Å²) in [4.78, 5) is 0. The van der Waals surface area contributed by atoms with Crippen molar-refractivity contribution in [3.63, 3.8) is 0 Å². The molecule has 1 unspecified atom stereocenters. The van der Waals surface area contributed by atoms with E-state index in [1.54, 1.807) is 0 Å². The monoisotopic (exact) mass is 309 g/mol. The molecule has 1 heterocycles. The van der Waals surface area contributed by atoms with Crippen LogP contribution < -0.4 is 10.1 Å². The van der Waals surface area contributed by atoms with Gasteiger partial charge in [-0.2, -0.15) is 0 Å². The number of hydrogen-bond acceptors (Lipinski definition) is 2. The van der Waals surface area contributed by atoms with Gasteiger partial charge in [-0.25, -0.2) is 0 Å². The molecule has 3 heteroatoms. The summed E-state index contributed by atoms with van der Waals surface area (Å²) in [5.74, 6) is 1.63. The molecule has 0 bridgehead atoms. The minimum absolute atomic E-state index is 0.246. The molecule has 1 atom stereocenters. The first-order valence-corrected chi connectivity index (χ1v) is 8.32. The number of benzene rings is 1. The molecular formula is C18H28ClNO. The van der Waals surface area contributed by atoms with Crippen LogP contribution in [0, 0.1) is 11.3 Å². The summed E-state index contributed by atoms with van der Waals surface area (Å²) >= 11 is 6.28. The SMILES string of the molecule is CC(C)NCC(Cc1cc(Cl)cc2c1OCC2)C(C)(C)C. The van der Waals surface area contributed by atoms with Crippen molar-refractivity contribution < 1.29 is 4.74 Å². The van der Waals surface area contributed by atoms with Gasteiger partial charge in [-0.05, 0) is 47.6 Å². The molecule has 0 amide bonds.